The van der Waals surface area contributed by atoms with Crippen molar-refractivity contribution in [2.75, 3.05) is 26.8 Å². The van der Waals surface area contributed by atoms with Crippen LogP contribution in [0.15, 0.2) is 29.1 Å². The van der Waals surface area contributed by atoms with Gasteiger partial charge in [0.05, 0.1) is 6.54 Å². The van der Waals surface area contributed by atoms with E-state index >= 15 is 0 Å². The van der Waals surface area contributed by atoms with Crippen LogP contribution in [0.1, 0.15) is 56.5 Å². The highest BCUT2D eigenvalue weighted by molar-refractivity contribution is 5.77. The first-order valence-corrected chi connectivity index (χ1v) is 11.0. The molecule has 1 amide bonds. The lowest BCUT2D eigenvalue weighted by molar-refractivity contribution is -0.136. The van der Waals surface area contributed by atoms with Gasteiger partial charge in [-0.15, -0.1) is 5.10 Å². The summed E-state index contributed by atoms with van der Waals surface area (Å²) in [5.41, 5.74) is 2.87. The minimum absolute atomic E-state index is 0.0115. The molecule has 0 aliphatic carbocycles. The highest BCUT2D eigenvalue weighted by Gasteiger charge is 2.26. The van der Waals surface area contributed by atoms with Crippen molar-refractivity contribution in [1.29, 1.82) is 0 Å². The number of benzene rings is 1. The molecule has 9 nitrogen and oxygen atoms in total. The average molecular weight is 439 g/mol. The second kappa shape index (κ2) is 8.82. The number of ether oxygens (including phenoxy) is 1. The molecule has 0 spiro atoms. The van der Waals surface area contributed by atoms with Crippen LogP contribution >= 0.6 is 0 Å². The first-order valence-electron chi connectivity index (χ1n) is 11.0. The normalized spacial score (nSPS) is 15.4. The van der Waals surface area contributed by atoms with Gasteiger partial charge in [-0.25, -0.2) is 9.67 Å². The van der Waals surface area contributed by atoms with Crippen LogP contribution in [0.4, 0.5) is 0 Å². The summed E-state index contributed by atoms with van der Waals surface area (Å²) in [6.45, 7) is 8.36. The molecule has 0 radical (unpaired) electrons. The molecule has 0 unspecified atom stereocenters. The van der Waals surface area contributed by atoms with Crippen molar-refractivity contribution in [3.63, 3.8) is 0 Å². The standard InChI is InChI=1S/C23H30N6O3/c1-23(2,3)17-7-5-15(6-8-17)13-29-21-19(26-27-29)22(31)25-20(24-21)16-9-11-28(12-10-16)18(30)14-32-4/h5-8,16H,9-14H2,1-4H3,(H,24,25,31). The smallest absolute Gasteiger partial charge is 0.281 e. The van der Waals surface area contributed by atoms with E-state index in [0.717, 1.165) is 18.4 Å². The highest BCUT2D eigenvalue weighted by Crippen LogP contribution is 2.26. The number of likely N-dealkylation sites (tertiary alicyclic amines) is 1. The maximum Gasteiger partial charge on any atom is 0.281 e. The van der Waals surface area contributed by atoms with Crippen molar-refractivity contribution in [2.24, 2.45) is 0 Å². The maximum absolute atomic E-state index is 12.6. The Morgan fingerprint density at radius 3 is 2.50 bits per heavy atom. The molecule has 170 valence electrons. The third-order valence-electron chi connectivity index (χ3n) is 6.05. The van der Waals surface area contributed by atoms with Gasteiger partial charge in [0, 0.05) is 26.1 Å². The predicted octanol–water partition coefficient (Wildman–Crippen LogP) is 2.21. The van der Waals surface area contributed by atoms with E-state index in [1.807, 2.05) is 0 Å². The Hall–Kier alpha value is -3.07. The Bertz CT molecular complexity index is 1150. The van der Waals surface area contributed by atoms with Crippen LogP contribution in [0.2, 0.25) is 0 Å². The maximum atomic E-state index is 12.6. The molecule has 1 aliphatic rings. The largest absolute Gasteiger partial charge is 0.375 e. The van der Waals surface area contributed by atoms with Crippen molar-refractivity contribution >= 4 is 17.1 Å². The number of H-pyrrole nitrogens is 1. The van der Waals surface area contributed by atoms with Crippen LogP contribution in [0.5, 0.6) is 0 Å². The topological polar surface area (TPSA) is 106 Å². The Kier molecular flexibility index (Phi) is 6.10. The van der Waals surface area contributed by atoms with Crippen LogP contribution in [0, 0.1) is 0 Å². The molecule has 0 saturated carbocycles. The highest BCUT2D eigenvalue weighted by atomic mass is 16.5. The van der Waals surface area contributed by atoms with E-state index in [9.17, 15) is 9.59 Å². The van der Waals surface area contributed by atoms with Gasteiger partial charge in [-0.3, -0.25) is 9.59 Å². The van der Waals surface area contributed by atoms with Crippen molar-refractivity contribution in [3.05, 3.63) is 51.6 Å². The summed E-state index contributed by atoms with van der Waals surface area (Å²) in [4.78, 5) is 34.1. The molecule has 9 heteroatoms. The number of nitrogens with zero attached hydrogens (tertiary/aromatic N) is 5. The van der Waals surface area contributed by atoms with Gasteiger partial charge in [0.2, 0.25) is 5.91 Å². The van der Waals surface area contributed by atoms with Gasteiger partial charge in [0.25, 0.3) is 5.56 Å². The molecule has 3 aromatic rings. The van der Waals surface area contributed by atoms with Crippen molar-refractivity contribution in [2.45, 2.75) is 51.5 Å². The van der Waals surface area contributed by atoms with Gasteiger partial charge >= 0.3 is 0 Å². The predicted molar refractivity (Wildman–Crippen MR) is 121 cm³/mol. The van der Waals surface area contributed by atoms with E-state index in [4.69, 9.17) is 9.72 Å². The number of piperidine rings is 1. The number of hydrogen-bond acceptors (Lipinski definition) is 6. The summed E-state index contributed by atoms with van der Waals surface area (Å²) in [6, 6.07) is 8.40. The number of methoxy groups -OCH3 is 1. The Morgan fingerprint density at radius 2 is 1.88 bits per heavy atom. The summed E-state index contributed by atoms with van der Waals surface area (Å²) >= 11 is 0. The van der Waals surface area contributed by atoms with E-state index in [0.29, 0.717) is 31.1 Å². The fourth-order valence-corrected chi connectivity index (χ4v) is 4.08. The van der Waals surface area contributed by atoms with Crippen LogP contribution in [0.3, 0.4) is 0 Å². The van der Waals surface area contributed by atoms with Gasteiger partial charge in [0.15, 0.2) is 11.2 Å². The van der Waals surface area contributed by atoms with Crippen LogP contribution in [-0.2, 0) is 21.5 Å². The SMILES string of the molecule is COCC(=O)N1CCC(c2nc3c(nnn3Cc3ccc(C(C)(C)C)cc3)c(=O)[nH]2)CC1. The third-order valence-corrected chi connectivity index (χ3v) is 6.05. The first kappa shape index (κ1) is 22.1. The summed E-state index contributed by atoms with van der Waals surface area (Å²) < 4.78 is 6.62. The molecule has 1 fully saturated rings. The summed E-state index contributed by atoms with van der Waals surface area (Å²) in [7, 11) is 1.52. The Labute approximate surface area is 186 Å². The van der Waals surface area contributed by atoms with Crippen LogP contribution in [-0.4, -0.2) is 62.6 Å². The third kappa shape index (κ3) is 4.57. The number of hydrogen-bond donors (Lipinski definition) is 1. The lowest BCUT2D eigenvalue weighted by atomic mass is 9.87. The van der Waals surface area contributed by atoms with E-state index in [1.54, 1.807) is 9.58 Å². The first-order chi connectivity index (χ1) is 15.3. The molecule has 0 bridgehead atoms. The van der Waals surface area contributed by atoms with E-state index in [1.165, 1.54) is 12.7 Å². The molecule has 32 heavy (non-hydrogen) atoms. The van der Waals surface area contributed by atoms with Gasteiger partial charge in [-0.2, -0.15) is 0 Å². The quantitative estimate of drug-likeness (QED) is 0.655. The molecule has 0 atom stereocenters. The second-order valence-electron chi connectivity index (χ2n) is 9.41. The lowest BCUT2D eigenvalue weighted by Crippen LogP contribution is -2.40. The number of nitrogens with one attached hydrogen (secondary N) is 1. The number of carbonyl (C=O) groups is 1. The summed E-state index contributed by atoms with van der Waals surface area (Å²) in [6.07, 6.45) is 1.47. The van der Waals surface area contributed by atoms with Gasteiger partial charge in [-0.05, 0) is 29.4 Å². The fourth-order valence-electron chi connectivity index (χ4n) is 4.08. The molecular weight excluding hydrogens is 408 g/mol. The molecule has 1 aliphatic heterocycles. The summed E-state index contributed by atoms with van der Waals surface area (Å²) in [5.74, 6) is 0.698. The Balaban J connectivity index is 1.54. The molecule has 3 heterocycles. The number of rotatable bonds is 5. The number of amides is 1. The molecule has 4 rings (SSSR count). The molecule has 2 aromatic heterocycles. The molecule has 1 saturated heterocycles. The van der Waals surface area contributed by atoms with Crippen molar-refractivity contribution in [3.8, 4) is 0 Å². The minimum atomic E-state index is -0.280. The number of aromatic amines is 1. The van der Waals surface area contributed by atoms with Gasteiger partial charge in [0.1, 0.15) is 12.4 Å². The van der Waals surface area contributed by atoms with Crippen LogP contribution < -0.4 is 5.56 Å². The molecule has 1 N–H and O–H groups in total. The van der Waals surface area contributed by atoms with Gasteiger partial charge in [-0.1, -0.05) is 50.3 Å². The van der Waals surface area contributed by atoms with Gasteiger partial charge < -0.3 is 14.6 Å². The van der Waals surface area contributed by atoms with E-state index in [-0.39, 0.29) is 34.9 Å². The van der Waals surface area contributed by atoms with E-state index in [2.05, 4.69) is 60.3 Å². The minimum Gasteiger partial charge on any atom is -0.375 e. The van der Waals surface area contributed by atoms with Crippen molar-refractivity contribution in [1.82, 2.24) is 29.9 Å². The van der Waals surface area contributed by atoms with Crippen molar-refractivity contribution < 1.29 is 9.53 Å². The zero-order chi connectivity index (χ0) is 22.9. The lowest BCUT2D eigenvalue weighted by Gasteiger charge is -2.31. The zero-order valence-electron chi connectivity index (χ0n) is 19.1. The number of carbonyl (C=O) groups excluding carboxylic acids is 1. The summed E-state index contributed by atoms with van der Waals surface area (Å²) in [5, 5.41) is 8.24. The second-order valence-corrected chi connectivity index (χ2v) is 9.41. The van der Waals surface area contributed by atoms with Crippen LogP contribution in [0.25, 0.3) is 11.2 Å². The number of fused-ring (bicyclic) bond motifs is 1. The zero-order valence-corrected chi connectivity index (χ0v) is 19.1. The van der Waals surface area contributed by atoms with E-state index < -0.39 is 0 Å². The number of aromatic nitrogens is 5. The Morgan fingerprint density at radius 1 is 1.19 bits per heavy atom. The molecule has 1 aromatic carbocycles. The fraction of sp³-hybridized carbons (Fsp3) is 0.522. The average Bonchev–Trinajstić information content (AvgIpc) is 3.17. The monoisotopic (exact) mass is 438 g/mol. The molecular formula is C23H30N6O3.